The van der Waals surface area contributed by atoms with E-state index in [0.717, 1.165) is 13.1 Å². The van der Waals surface area contributed by atoms with E-state index in [1.54, 1.807) is 0 Å². The van der Waals surface area contributed by atoms with Crippen molar-refractivity contribution < 1.29 is 9.90 Å². The van der Waals surface area contributed by atoms with Gasteiger partial charge in [0.1, 0.15) is 6.04 Å². The molecule has 0 bridgehead atoms. The van der Waals surface area contributed by atoms with E-state index in [-0.39, 0.29) is 30.9 Å². The van der Waals surface area contributed by atoms with E-state index in [0.29, 0.717) is 0 Å². The second-order valence-electron chi connectivity index (χ2n) is 2.51. The molecule has 3 N–H and O–H groups in total. The maximum absolute atomic E-state index is 10.5. The van der Waals surface area contributed by atoms with Gasteiger partial charge in [-0.2, -0.15) is 0 Å². The molecule has 6 heteroatoms. The van der Waals surface area contributed by atoms with E-state index in [4.69, 9.17) is 5.11 Å². The minimum absolute atomic E-state index is 0. The molecule has 0 amide bonds. The predicted octanol–water partition coefficient (Wildman–Crippen LogP) is -0.135. The lowest BCUT2D eigenvalue weighted by Crippen LogP contribution is -2.57. The molecule has 1 aliphatic rings. The molecule has 0 spiro atoms. The Morgan fingerprint density at radius 3 is 2.17 bits per heavy atom. The molecular formula is C6H14Cl2N2O2. The molecule has 1 aliphatic heterocycles. The number of carboxylic acid groups (broad SMARTS) is 1. The first-order chi connectivity index (χ1) is 4.72. The van der Waals surface area contributed by atoms with Crippen LogP contribution in [0.5, 0.6) is 0 Å². The molecule has 0 aliphatic carbocycles. The number of piperazine rings is 1. The smallest absolute Gasteiger partial charge is 0.322 e. The van der Waals surface area contributed by atoms with Gasteiger partial charge in [0.25, 0.3) is 0 Å². The largest absolute Gasteiger partial charge is 0.480 e. The second-order valence-corrected chi connectivity index (χ2v) is 2.51. The van der Waals surface area contributed by atoms with E-state index >= 15 is 0 Å². The summed E-state index contributed by atoms with van der Waals surface area (Å²) in [5.41, 5.74) is 0. The zero-order chi connectivity index (χ0) is 7.56. The number of carboxylic acids is 1. The van der Waals surface area contributed by atoms with E-state index < -0.39 is 12.0 Å². The van der Waals surface area contributed by atoms with E-state index in [2.05, 4.69) is 10.6 Å². The molecule has 2 atom stereocenters. The Labute approximate surface area is 83.9 Å². The molecule has 0 saturated carbocycles. The first-order valence-corrected chi connectivity index (χ1v) is 3.41. The number of nitrogens with one attached hydrogen (secondary N) is 2. The molecule has 1 fully saturated rings. The van der Waals surface area contributed by atoms with Crippen molar-refractivity contribution in [3.63, 3.8) is 0 Å². The Balaban J connectivity index is 0. The van der Waals surface area contributed by atoms with Crippen LogP contribution < -0.4 is 10.6 Å². The zero-order valence-corrected chi connectivity index (χ0v) is 8.37. The van der Waals surface area contributed by atoms with Crippen LogP contribution in [0.25, 0.3) is 0 Å². The van der Waals surface area contributed by atoms with Crippen molar-refractivity contribution in [2.45, 2.75) is 19.0 Å². The molecule has 0 radical (unpaired) electrons. The summed E-state index contributed by atoms with van der Waals surface area (Å²) in [4.78, 5) is 10.5. The van der Waals surface area contributed by atoms with Crippen LogP contribution in [0.1, 0.15) is 6.92 Å². The number of hydrogen-bond acceptors (Lipinski definition) is 3. The van der Waals surface area contributed by atoms with Gasteiger partial charge in [-0.15, -0.1) is 24.8 Å². The highest BCUT2D eigenvalue weighted by Crippen LogP contribution is 1.96. The van der Waals surface area contributed by atoms with Crippen molar-refractivity contribution in [3.05, 3.63) is 0 Å². The fraction of sp³-hybridized carbons (Fsp3) is 0.833. The van der Waals surface area contributed by atoms with Crippen LogP contribution in [0, 0.1) is 0 Å². The number of hydrogen-bond donors (Lipinski definition) is 3. The lowest BCUT2D eigenvalue weighted by atomic mass is 10.1. The molecule has 0 aromatic carbocycles. The van der Waals surface area contributed by atoms with Gasteiger partial charge in [-0.1, -0.05) is 0 Å². The van der Waals surface area contributed by atoms with Crippen molar-refractivity contribution in [1.29, 1.82) is 0 Å². The highest BCUT2D eigenvalue weighted by atomic mass is 35.5. The van der Waals surface area contributed by atoms with Gasteiger partial charge >= 0.3 is 5.97 Å². The maximum atomic E-state index is 10.5. The third-order valence-electron chi connectivity index (χ3n) is 1.72. The number of aliphatic carboxylic acids is 1. The third kappa shape index (κ3) is 3.58. The molecule has 0 aromatic heterocycles. The number of rotatable bonds is 1. The lowest BCUT2D eigenvalue weighted by Gasteiger charge is -2.27. The Bertz CT molecular complexity index is 146. The van der Waals surface area contributed by atoms with E-state index in [1.807, 2.05) is 6.92 Å². The Morgan fingerprint density at radius 1 is 1.33 bits per heavy atom. The Morgan fingerprint density at radius 2 is 1.83 bits per heavy atom. The van der Waals surface area contributed by atoms with Crippen molar-refractivity contribution in [2.75, 3.05) is 13.1 Å². The molecule has 0 unspecified atom stereocenters. The lowest BCUT2D eigenvalue weighted by molar-refractivity contribution is -0.140. The van der Waals surface area contributed by atoms with Crippen LogP contribution in [0.3, 0.4) is 0 Å². The van der Waals surface area contributed by atoms with Crippen LogP contribution in [0.15, 0.2) is 0 Å². The number of halogens is 2. The summed E-state index contributed by atoms with van der Waals surface area (Å²) in [6.07, 6.45) is 0. The van der Waals surface area contributed by atoms with Crippen LogP contribution in [-0.4, -0.2) is 36.2 Å². The summed E-state index contributed by atoms with van der Waals surface area (Å²) in [5, 5.41) is 14.6. The van der Waals surface area contributed by atoms with Crippen molar-refractivity contribution >= 4 is 30.8 Å². The third-order valence-corrected chi connectivity index (χ3v) is 1.72. The van der Waals surface area contributed by atoms with Gasteiger partial charge < -0.3 is 15.7 Å². The quantitative estimate of drug-likeness (QED) is 0.572. The summed E-state index contributed by atoms with van der Waals surface area (Å²) in [5.74, 6) is -0.778. The molecule has 1 rings (SSSR count). The van der Waals surface area contributed by atoms with Gasteiger partial charge in [0.2, 0.25) is 0 Å². The van der Waals surface area contributed by atoms with Crippen LogP contribution >= 0.6 is 24.8 Å². The fourth-order valence-electron chi connectivity index (χ4n) is 1.12. The molecule has 1 saturated heterocycles. The van der Waals surface area contributed by atoms with Crippen molar-refractivity contribution in [3.8, 4) is 0 Å². The summed E-state index contributed by atoms with van der Waals surface area (Å²) < 4.78 is 0. The monoisotopic (exact) mass is 216 g/mol. The van der Waals surface area contributed by atoms with E-state index in [9.17, 15) is 4.79 Å². The molecular weight excluding hydrogens is 203 g/mol. The first-order valence-electron chi connectivity index (χ1n) is 3.41. The van der Waals surface area contributed by atoms with Gasteiger partial charge in [-0.25, -0.2) is 0 Å². The first kappa shape index (κ1) is 14.5. The van der Waals surface area contributed by atoms with Crippen LogP contribution in [0.4, 0.5) is 0 Å². The molecule has 0 aromatic rings. The minimum atomic E-state index is -0.778. The highest BCUT2D eigenvalue weighted by Gasteiger charge is 2.25. The topological polar surface area (TPSA) is 61.4 Å². The van der Waals surface area contributed by atoms with Gasteiger partial charge in [-0.3, -0.25) is 4.79 Å². The normalized spacial score (nSPS) is 28.1. The average molecular weight is 217 g/mol. The Kier molecular flexibility index (Phi) is 7.83. The molecule has 1 heterocycles. The fourth-order valence-corrected chi connectivity index (χ4v) is 1.12. The Hall–Kier alpha value is -0.0300. The SMILES string of the molecule is C[C@@H]1NCCN[C@@H]1C(=O)O.Cl.Cl. The summed E-state index contributed by atoms with van der Waals surface area (Å²) in [6.45, 7) is 3.46. The molecule has 74 valence electrons. The second kappa shape index (κ2) is 6.48. The van der Waals surface area contributed by atoms with Gasteiger partial charge in [0, 0.05) is 19.1 Å². The van der Waals surface area contributed by atoms with Crippen LogP contribution in [0.2, 0.25) is 0 Å². The summed E-state index contributed by atoms with van der Waals surface area (Å²) in [6, 6.07) is -0.389. The van der Waals surface area contributed by atoms with Crippen molar-refractivity contribution in [1.82, 2.24) is 10.6 Å². The average Bonchev–Trinajstić information content (AvgIpc) is 1.88. The molecule has 4 nitrogen and oxygen atoms in total. The zero-order valence-electron chi connectivity index (χ0n) is 6.74. The maximum Gasteiger partial charge on any atom is 0.322 e. The van der Waals surface area contributed by atoms with Gasteiger partial charge in [0.15, 0.2) is 0 Å². The molecule has 12 heavy (non-hydrogen) atoms. The summed E-state index contributed by atoms with van der Waals surface area (Å²) >= 11 is 0. The van der Waals surface area contributed by atoms with E-state index in [1.165, 1.54) is 0 Å². The minimum Gasteiger partial charge on any atom is -0.480 e. The number of carbonyl (C=O) groups is 1. The van der Waals surface area contributed by atoms with Gasteiger partial charge in [-0.05, 0) is 6.92 Å². The summed E-state index contributed by atoms with van der Waals surface area (Å²) in [7, 11) is 0. The van der Waals surface area contributed by atoms with Gasteiger partial charge in [0.05, 0.1) is 0 Å². The highest BCUT2D eigenvalue weighted by molar-refractivity contribution is 5.85. The van der Waals surface area contributed by atoms with Crippen molar-refractivity contribution in [2.24, 2.45) is 0 Å². The predicted molar refractivity (Wildman–Crippen MR) is 51.4 cm³/mol. The van der Waals surface area contributed by atoms with Crippen LogP contribution in [-0.2, 0) is 4.79 Å². The standard InChI is InChI=1S/C6H12N2O2.2ClH/c1-4-5(6(9)10)8-3-2-7-4;;/h4-5,7-8H,2-3H2,1H3,(H,9,10);2*1H/t4-,5-;;/m0../s1.